The van der Waals surface area contributed by atoms with Crippen molar-refractivity contribution in [3.63, 3.8) is 0 Å². The molecule has 2 atom stereocenters. The highest BCUT2D eigenvalue weighted by atomic mass is 32.1. The van der Waals surface area contributed by atoms with E-state index in [0.29, 0.717) is 5.92 Å². The summed E-state index contributed by atoms with van der Waals surface area (Å²) in [6.45, 7) is 5.73. The molecule has 0 spiro atoms. The Balaban J connectivity index is 1.91. The highest BCUT2D eigenvalue weighted by molar-refractivity contribution is 7.10. The van der Waals surface area contributed by atoms with Gasteiger partial charge in [0.25, 0.3) is 0 Å². The van der Waals surface area contributed by atoms with Crippen molar-refractivity contribution in [3.05, 3.63) is 22.4 Å². The third-order valence-electron chi connectivity index (χ3n) is 2.41. The smallest absolute Gasteiger partial charge is 0.310 e. The maximum absolute atomic E-state index is 11.7. The summed E-state index contributed by atoms with van der Waals surface area (Å²) >= 11 is 1.72. The maximum atomic E-state index is 11.7. The summed E-state index contributed by atoms with van der Waals surface area (Å²) in [6.07, 6.45) is 0.954. The molecule has 82 valence electrons. The molecule has 1 aliphatic rings. The van der Waals surface area contributed by atoms with Gasteiger partial charge in [-0.15, -0.1) is 11.3 Å². The molecule has 2 nitrogen and oxygen atoms in total. The molecular weight excluding hydrogens is 208 g/mol. The van der Waals surface area contributed by atoms with Crippen LogP contribution in [0.15, 0.2) is 17.5 Å². The van der Waals surface area contributed by atoms with Gasteiger partial charge in [0, 0.05) is 10.8 Å². The Morgan fingerprint density at radius 2 is 2.27 bits per heavy atom. The number of ether oxygens (including phenoxy) is 1. The van der Waals surface area contributed by atoms with Crippen LogP contribution in [0.25, 0.3) is 0 Å². The second-order valence-electron chi connectivity index (χ2n) is 5.00. The van der Waals surface area contributed by atoms with E-state index in [9.17, 15) is 4.79 Å². The first-order chi connectivity index (χ1) is 6.97. The van der Waals surface area contributed by atoms with Crippen LogP contribution >= 0.6 is 11.3 Å². The molecule has 0 aliphatic heterocycles. The molecule has 0 aromatic carbocycles. The van der Waals surface area contributed by atoms with E-state index in [0.717, 1.165) is 6.42 Å². The second kappa shape index (κ2) is 3.63. The fourth-order valence-electron chi connectivity index (χ4n) is 1.65. The van der Waals surface area contributed by atoms with Crippen LogP contribution in [0.5, 0.6) is 0 Å². The normalized spacial score (nSPS) is 25.0. The van der Waals surface area contributed by atoms with Crippen molar-refractivity contribution >= 4 is 17.3 Å². The summed E-state index contributed by atoms with van der Waals surface area (Å²) < 4.78 is 5.36. The highest BCUT2D eigenvalue weighted by Crippen LogP contribution is 2.50. The zero-order valence-electron chi connectivity index (χ0n) is 9.32. The Bertz CT molecular complexity index is 348. The lowest BCUT2D eigenvalue weighted by molar-refractivity contribution is -0.156. The molecule has 3 heteroatoms. The second-order valence-corrected chi connectivity index (χ2v) is 5.98. The quantitative estimate of drug-likeness (QED) is 0.721. The van der Waals surface area contributed by atoms with Crippen LogP contribution < -0.4 is 0 Å². The average Bonchev–Trinajstić information content (AvgIpc) is 2.71. The molecule has 0 saturated heterocycles. The lowest BCUT2D eigenvalue weighted by Gasteiger charge is -2.19. The highest BCUT2D eigenvalue weighted by Gasteiger charge is 2.46. The lowest BCUT2D eigenvalue weighted by Crippen LogP contribution is -2.25. The summed E-state index contributed by atoms with van der Waals surface area (Å²) in [4.78, 5) is 13.0. The molecule has 1 aliphatic carbocycles. The van der Waals surface area contributed by atoms with Gasteiger partial charge < -0.3 is 4.74 Å². The topological polar surface area (TPSA) is 26.3 Å². The number of rotatable bonds is 2. The molecule has 0 unspecified atom stereocenters. The van der Waals surface area contributed by atoms with Gasteiger partial charge in [0.15, 0.2) is 0 Å². The number of carbonyl (C=O) groups excluding carboxylic acids is 1. The third kappa shape index (κ3) is 2.59. The van der Waals surface area contributed by atoms with Crippen molar-refractivity contribution in [1.29, 1.82) is 0 Å². The van der Waals surface area contributed by atoms with Gasteiger partial charge in [0.1, 0.15) is 5.60 Å². The maximum Gasteiger partial charge on any atom is 0.310 e. The molecule has 0 radical (unpaired) electrons. The Morgan fingerprint density at radius 1 is 1.53 bits per heavy atom. The number of hydrogen-bond donors (Lipinski definition) is 0. The number of esters is 1. The Labute approximate surface area is 94.3 Å². The zero-order chi connectivity index (χ0) is 11.1. The first-order valence-electron chi connectivity index (χ1n) is 5.23. The van der Waals surface area contributed by atoms with Crippen molar-refractivity contribution in [3.8, 4) is 0 Å². The Kier molecular flexibility index (Phi) is 2.59. The molecular formula is C12H16O2S. The first-order valence-corrected chi connectivity index (χ1v) is 6.11. The molecule has 1 saturated carbocycles. The Morgan fingerprint density at radius 3 is 2.80 bits per heavy atom. The van der Waals surface area contributed by atoms with Crippen molar-refractivity contribution in [1.82, 2.24) is 0 Å². The van der Waals surface area contributed by atoms with Gasteiger partial charge in [-0.05, 0) is 38.6 Å². The number of hydrogen-bond acceptors (Lipinski definition) is 3. The summed E-state index contributed by atoms with van der Waals surface area (Å²) in [7, 11) is 0. The molecule has 1 aromatic rings. The average molecular weight is 224 g/mol. The van der Waals surface area contributed by atoms with Gasteiger partial charge in [-0.1, -0.05) is 6.07 Å². The summed E-state index contributed by atoms with van der Waals surface area (Å²) in [5.41, 5.74) is -0.361. The number of carbonyl (C=O) groups is 1. The van der Waals surface area contributed by atoms with E-state index in [4.69, 9.17) is 4.74 Å². The van der Waals surface area contributed by atoms with E-state index >= 15 is 0 Å². The molecule has 0 N–H and O–H groups in total. The van der Waals surface area contributed by atoms with E-state index in [1.165, 1.54) is 4.88 Å². The molecule has 1 heterocycles. The van der Waals surface area contributed by atoms with E-state index in [1.807, 2.05) is 26.8 Å². The monoisotopic (exact) mass is 224 g/mol. The molecule has 0 amide bonds. The Hall–Kier alpha value is -0.830. The van der Waals surface area contributed by atoms with Crippen LogP contribution in [0.3, 0.4) is 0 Å². The van der Waals surface area contributed by atoms with E-state index in [-0.39, 0.29) is 17.5 Å². The van der Waals surface area contributed by atoms with Crippen LogP contribution in [0.1, 0.15) is 38.0 Å². The predicted octanol–water partition coefficient (Wildman–Crippen LogP) is 3.19. The summed E-state index contributed by atoms with van der Waals surface area (Å²) in [6, 6.07) is 4.13. The minimum Gasteiger partial charge on any atom is -0.460 e. The molecule has 0 bridgehead atoms. The van der Waals surface area contributed by atoms with Crippen LogP contribution in [-0.4, -0.2) is 11.6 Å². The van der Waals surface area contributed by atoms with Crippen molar-refractivity contribution in [2.45, 2.75) is 38.7 Å². The lowest BCUT2D eigenvalue weighted by atomic mass is 10.2. The fourth-order valence-corrected chi connectivity index (χ4v) is 2.56. The SMILES string of the molecule is CC(C)(C)OC(=O)[C@H]1C[C@@H]1c1cccs1. The van der Waals surface area contributed by atoms with Gasteiger partial charge in [-0.3, -0.25) is 4.79 Å². The minimum atomic E-state index is -0.361. The molecule has 15 heavy (non-hydrogen) atoms. The fraction of sp³-hybridized carbons (Fsp3) is 0.583. The van der Waals surface area contributed by atoms with Crippen molar-refractivity contribution in [2.75, 3.05) is 0 Å². The van der Waals surface area contributed by atoms with Gasteiger partial charge in [-0.25, -0.2) is 0 Å². The summed E-state index contributed by atoms with van der Waals surface area (Å²) in [5, 5.41) is 2.06. The third-order valence-corrected chi connectivity index (χ3v) is 3.41. The van der Waals surface area contributed by atoms with E-state index in [1.54, 1.807) is 11.3 Å². The van der Waals surface area contributed by atoms with Crippen LogP contribution in [0.2, 0.25) is 0 Å². The number of thiophene rings is 1. The van der Waals surface area contributed by atoms with E-state index in [2.05, 4.69) is 11.4 Å². The first kappa shape index (κ1) is 10.7. The zero-order valence-corrected chi connectivity index (χ0v) is 10.1. The van der Waals surface area contributed by atoms with E-state index < -0.39 is 0 Å². The van der Waals surface area contributed by atoms with Crippen molar-refractivity contribution in [2.24, 2.45) is 5.92 Å². The van der Waals surface area contributed by atoms with Crippen LogP contribution in [0.4, 0.5) is 0 Å². The summed E-state index contributed by atoms with van der Waals surface area (Å²) in [5.74, 6) is 0.476. The molecule has 2 rings (SSSR count). The van der Waals surface area contributed by atoms with Gasteiger partial charge in [0.2, 0.25) is 0 Å². The van der Waals surface area contributed by atoms with Crippen LogP contribution in [0, 0.1) is 5.92 Å². The van der Waals surface area contributed by atoms with Crippen LogP contribution in [-0.2, 0) is 9.53 Å². The molecule has 1 aromatic heterocycles. The van der Waals surface area contributed by atoms with Gasteiger partial charge >= 0.3 is 5.97 Å². The minimum absolute atomic E-state index is 0.0408. The van der Waals surface area contributed by atoms with Gasteiger partial charge in [0.05, 0.1) is 5.92 Å². The predicted molar refractivity (Wildman–Crippen MR) is 61.0 cm³/mol. The largest absolute Gasteiger partial charge is 0.460 e. The standard InChI is InChI=1S/C12H16O2S/c1-12(2,3)14-11(13)9-7-8(9)10-5-4-6-15-10/h4-6,8-9H,7H2,1-3H3/t8-,9-/m0/s1. The molecule has 1 fully saturated rings. The van der Waals surface area contributed by atoms with Crippen molar-refractivity contribution < 1.29 is 9.53 Å². The van der Waals surface area contributed by atoms with Gasteiger partial charge in [-0.2, -0.15) is 0 Å².